The second-order valence-electron chi connectivity index (χ2n) is 7.60. The van der Waals surface area contributed by atoms with E-state index in [9.17, 15) is 13.2 Å². The van der Waals surface area contributed by atoms with E-state index < -0.39 is 9.84 Å². The van der Waals surface area contributed by atoms with Crippen molar-refractivity contribution in [3.8, 4) is 11.5 Å². The van der Waals surface area contributed by atoms with E-state index in [-0.39, 0.29) is 29.2 Å². The second kappa shape index (κ2) is 9.23. The van der Waals surface area contributed by atoms with E-state index in [1.807, 2.05) is 61.5 Å². The molecule has 31 heavy (non-hydrogen) atoms. The van der Waals surface area contributed by atoms with Gasteiger partial charge >= 0.3 is 0 Å². The van der Waals surface area contributed by atoms with E-state index in [0.29, 0.717) is 24.1 Å². The highest BCUT2D eigenvalue weighted by Crippen LogP contribution is 2.26. The Morgan fingerprint density at radius 1 is 1.16 bits per heavy atom. The van der Waals surface area contributed by atoms with E-state index in [4.69, 9.17) is 4.42 Å². The van der Waals surface area contributed by atoms with Crippen LogP contribution in [0.25, 0.3) is 11.5 Å². The first kappa shape index (κ1) is 21.6. The quantitative estimate of drug-likeness (QED) is 0.502. The highest BCUT2D eigenvalue weighted by molar-refractivity contribution is 7.99. The number of aryl methyl sites for hydroxylation is 1. The van der Waals surface area contributed by atoms with Gasteiger partial charge in [-0.25, -0.2) is 8.42 Å². The zero-order valence-electron chi connectivity index (χ0n) is 17.1. The summed E-state index contributed by atoms with van der Waals surface area (Å²) < 4.78 is 29.7. The third-order valence-corrected chi connectivity index (χ3v) is 7.71. The number of amides is 1. The first-order chi connectivity index (χ1) is 14.9. The molecule has 0 radical (unpaired) electrons. The average Bonchev–Trinajstić information content (AvgIpc) is 3.37. The molecule has 3 aromatic rings. The lowest BCUT2D eigenvalue weighted by atomic mass is 10.1. The Hall–Kier alpha value is -2.65. The summed E-state index contributed by atoms with van der Waals surface area (Å²) in [6, 6.07) is 17.0. The molecule has 0 aliphatic carbocycles. The summed E-state index contributed by atoms with van der Waals surface area (Å²) in [7, 11) is -3.11. The predicted octanol–water partition coefficient (Wildman–Crippen LogP) is 3.35. The van der Waals surface area contributed by atoms with Gasteiger partial charge in [0.25, 0.3) is 5.22 Å². The molecule has 2 heterocycles. The van der Waals surface area contributed by atoms with Crippen molar-refractivity contribution in [2.24, 2.45) is 0 Å². The van der Waals surface area contributed by atoms with E-state index in [1.54, 1.807) is 4.90 Å². The predicted molar refractivity (Wildman–Crippen MR) is 119 cm³/mol. The van der Waals surface area contributed by atoms with Crippen LogP contribution < -0.4 is 0 Å². The molecule has 0 spiro atoms. The average molecular weight is 458 g/mol. The molecule has 4 rings (SSSR count). The summed E-state index contributed by atoms with van der Waals surface area (Å²) in [5.41, 5.74) is 2.88. The largest absolute Gasteiger partial charge is 0.411 e. The van der Waals surface area contributed by atoms with E-state index >= 15 is 0 Å². The summed E-state index contributed by atoms with van der Waals surface area (Å²) in [5, 5.41) is 8.42. The van der Waals surface area contributed by atoms with Crippen molar-refractivity contribution in [3.63, 3.8) is 0 Å². The minimum absolute atomic E-state index is 0.00824. The third-order valence-electron chi connectivity index (χ3n) is 5.16. The normalized spacial score (nSPS) is 17.5. The third kappa shape index (κ3) is 5.54. The maximum Gasteiger partial charge on any atom is 0.277 e. The van der Waals surface area contributed by atoms with Gasteiger partial charge in [0.05, 0.1) is 17.3 Å². The molecule has 7 nitrogen and oxygen atoms in total. The van der Waals surface area contributed by atoms with Crippen LogP contribution >= 0.6 is 11.8 Å². The SMILES string of the molecule is Cc1cccc(-c2nnc(SCC(=O)N(Cc3ccccc3)[C@H]3CCS(=O)(=O)C3)o2)c1. The highest BCUT2D eigenvalue weighted by atomic mass is 32.2. The van der Waals surface area contributed by atoms with Gasteiger partial charge in [-0.15, -0.1) is 10.2 Å². The fourth-order valence-electron chi connectivity index (χ4n) is 3.59. The molecule has 9 heteroatoms. The van der Waals surface area contributed by atoms with Crippen LogP contribution in [0.5, 0.6) is 0 Å². The Bertz CT molecular complexity index is 1160. The monoisotopic (exact) mass is 457 g/mol. The molecule has 1 fully saturated rings. The molecule has 162 valence electrons. The number of thioether (sulfide) groups is 1. The number of rotatable bonds is 7. The molecule has 0 N–H and O–H groups in total. The van der Waals surface area contributed by atoms with Crippen molar-refractivity contribution in [1.29, 1.82) is 0 Å². The van der Waals surface area contributed by atoms with E-state index in [2.05, 4.69) is 10.2 Å². The summed E-state index contributed by atoms with van der Waals surface area (Å²) >= 11 is 1.16. The zero-order valence-corrected chi connectivity index (χ0v) is 18.7. The Labute approximate surface area is 185 Å². The standard InChI is InChI=1S/C22H23N3O4S2/c1-16-6-5-9-18(12-16)21-23-24-22(29-21)30-14-20(26)25(13-17-7-3-2-4-8-17)19-10-11-31(27,28)15-19/h2-9,12,19H,10-11,13-15H2,1H3/t19-/m0/s1. The number of hydrogen-bond donors (Lipinski definition) is 0. The molecular weight excluding hydrogens is 434 g/mol. The smallest absolute Gasteiger partial charge is 0.277 e. The van der Waals surface area contributed by atoms with Crippen LogP contribution in [-0.4, -0.2) is 52.7 Å². The van der Waals surface area contributed by atoms with Gasteiger partial charge in [0.1, 0.15) is 0 Å². The van der Waals surface area contributed by atoms with Gasteiger partial charge in [-0.2, -0.15) is 0 Å². The number of carbonyl (C=O) groups excluding carboxylic acids is 1. The van der Waals surface area contributed by atoms with Crippen LogP contribution in [-0.2, 0) is 21.2 Å². The topological polar surface area (TPSA) is 93.4 Å². The summed E-state index contributed by atoms with van der Waals surface area (Å²) in [6.45, 7) is 2.36. The number of carbonyl (C=O) groups is 1. The Balaban J connectivity index is 1.45. The molecule has 1 atom stereocenters. The number of hydrogen-bond acceptors (Lipinski definition) is 7. The molecule has 2 aromatic carbocycles. The van der Waals surface area contributed by atoms with Gasteiger partial charge < -0.3 is 9.32 Å². The van der Waals surface area contributed by atoms with Gasteiger partial charge in [-0.05, 0) is 31.0 Å². The maximum absolute atomic E-state index is 13.1. The molecule has 1 saturated heterocycles. The molecule has 1 aliphatic rings. The van der Waals surface area contributed by atoms with Crippen molar-refractivity contribution in [2.75, 3.05) is 17.3 Å². The summed E-state index contributed by atoms with van der Waals surface area (Å²) in [6.07, 6.45) is 0.462. The summed E-state index contributed by atoms with van der Waals surface area (Å²) in [5.74, 6) is 0.480. The number of aromatic nitrogens is 2. The Morgan fingerprint density at radius 2 is 1.97 bits per heavy atom. The number of benzene rings is 2. The molecule has 0 unspecified atom stereocenters. The molecule has 1 aromatic heterocycles. The molecule has 0 bridgehead atoms. The van der Waals surface area contributed by atoms with Crippen LogP contribution in [0.3, 0.4) is 0 Å². The van der Waals surface area contributed by atoms with Gasteiger partial charge in [0, 0.05) is 18.2 Å². The molecular formula is C22H23N3O4S2. The zero-order chi connectivity index (χ0) is 21.8. The lowest BCUT2D eigenvalue weighted by Gasteiger charge is -2.28. The lowest BCUT2D eigenvalue weighted by Crippen LogP contribution is -2.41. The molecule has 1 aliphatic heterocycles. The Kier molecular flexibility index (Phi) is 6.43. The van der Waals surface area contributed by atoms with Crippen LogP contribution in [0, 0.1) is 6.92 Å². The van der Waals surface area contributed by atoms with Gasteiger partial charge in [0.2, 0.25) is 11.8 Å². The lowest BCUT2D eigenvalue weighted by molar-refractivity contribution is -0.130. The van der Waals surface area contributed by atoms with Gasteiger partial charge in [-0.3, -0.25) is 4.79 Å². The fourth-order valence-corrected chi connectivity index (χ4v) is 5.97. The van der Waals surface area contributed by atoms with Crippen molar-refractivity contribution in [3.05, 3.63) is 65.7 Å². The summed E-state index contributed by atoms with van der Waals surface area (Å²) in [4.78, 5) is 14.7. The van der Waals surface area contributed by atoms with Crippen molar-refractivity contribution < 1.29 is 17.6 Å². The highest BCUT2D eigenvalue weighted by Gasteiger charge is 2.34. The minimum Gasteiger partial charge on any atom is -0.411 e. The van der Waals surface area contributed by atoms with Crippen molar-refractivity contribution >= 4 is 27.5 Å². The van der Waals surface area contributed by atoms with E-state index in [0.717, 1.165) is 28.5 Å². The first-order valence-electron chi connectivity index (χ1n) is 9.97. The molecule has 1 amide bonds. The molecule has 0 saturated carbocycles. The van der Waals surface area contributed by atoms with Gasteiger partial charge in [-0.1, -0.05) is 59.8 Å². The van der Waals surface area contributed by atoms with E-state index in [1.165, 1.54) is 0 Å². The number of nitrogens with zero attached hydrogens (tertiary/aromatic N) is 3. The fraction of sp³-hybridized carbons (Fsp3) is 0.318. The maximum atomic E-state index is 13.1. The van der Waals surface area contributed by atoms with Crippen molar-refractivity contribution in [1.82, 2.24) is 15.1 Å². The van der Waals surface area contributed by atoms with Crippen LogP contribution in [0.1, 0.15) is 17.5 Å². The second-order valence-corrected chi connectivity index (χ2v) is 10.8. The van der Waals surface area contributed by atoms with Gasteiger partial charge in [0.15, 0.2) is 9.84 Å². The Morgan fingerprint density at radius 3 is 2.68 bits per heavy atom. The number of sulfone groups is 1. The van der Waals surface area contributed by atoms with Crippen molar-refractivity contribution in [2.45, 2.75) is 31.2 Å². The van der Waals surface area contributed by atoms with Crippen LogP contribution in [0.4, 0.5) is 0 Å². The van der Waals surface area contributed by atoms with Crippen LogP contribution in [0.2, 0.25) is 0 Å². The first-order valence-corrected chi connectivity index (χ1v) is 12.8. The van der Waals surface area contributed by atoms with Crippen LogP contribution in [0.15, 0.2) is 64.2 Å². The minimum atomic E-state index is -3.11.